The first-order chi connectivity index (χ1) is 8.93. The minimum atomic E-state index is 0.782. The molecule has 0 bridgehead atoms. The van der Waals surface area contributed by atoms with E-state index in [0.717, 1.165) is 5.92 Å². The fourth-order valence-corrected chi connectivity index (χ4v) is 3.39. The molecular formula is C16H24N2. The molecule has 18 heavy (non-hydrogen) atoms. The lowest BCUT2D eigenvalue weighted by Gasteiger charge is -2.26. The fraction of sp³-hybridized carbons (Fsp3) is 0.625. The molecular weight excluding hydrogens is 220 g/mol. The molecule has 1 N–H and O–H groups in total. The van der Waals surface area contributed by atoms with Gasteiger partial charge in [0.2, 0.25) is 0 Å². The van der Waals surface area contributed by atoms with Crippen molar-refractivity contribution in [2.24, 2.45) is 0 Å². The van der Waals surface area contributed by atoms with Crippen LogP contribution < -0.4 is 5.32 Å². The largest absolute Gasteiger partial charge is 0.317 e. The first-order valence-electron chi connectivity index (χ1n) is 7.44. The Bertz CT molecular complexity index is 376. The summed E-state index contributed by atoms with van der Waals surface area (Å²) in [4.78, 5) is 2.61. The number of nitrogens with zero attached hydrogens (tertiary/aromatic N) is 1. The minimum Gasteiger partial charge on any atom is -0.317 e. The van der Waals surface area contributed by atoms with Gasteiger partial charge in [-0.1, -0.05) is 24.3 Å². The Kier molecular flexibility index (Phi) is 3.96. The number of rotatable bonds is 3. The topological polar surface area (TPSA) is 15.3 Å². The van der Waals surface area contributed by atoms with Crippen molar-refractivity contribution >= 4 is 0 Å². The average molecular weight is 244 g/mol. The highest BCUT2D eigenvalue weighted by Gasteiger charge is 2.19. The maximum Gasteiger partial charge on any atom is 0.0236 e. The fourth-order valence-electron chi connectivity index (χ4n) is 3.39. The Morgan fingerprint density at radius 2 is 1.78 bits per heavy atom. The van der Waals surface area contributed by atoms with Crippen molar-refractivity contribution in [3.8, 4) is 0 Å². The third-order valence-corrected chi connectivity index (χ3v) is 4.43. The third-order valence-electron chi connectivity index (χ3n) is 4.43. The second-order valence-corrected chi connectivity index (χ2v) is 5.71. The predicted octanol–water partition coefficient (Wildman–Crippen LogP) is 2.75. The van der Waals surface area contributed by atoms with Gasteiger partial charge in [-0.25, -0.2) is 0 Å². The highest BCUT2D eigenvalue weighted by atomic mass is 15.1. The molecule has 0 unspecified atom stereocenters. The van der Waals surface area contributed by atoms with E-state index >= 15 is 0 Å². The predicted molar refractivity (Wildman–Crippen MR) is 75.8 cm³/mol. The number of hydrogen-bond donors (Lipinski definition) is 1. The van der Waals surface area contributed by atoms with Gasteiger partial charge in [-0.3, -0.25) is 4.90 Å². The van der Waals surface area contributed by atoms with Crippen molar-refractivity contribution in [2.75, 3.05) is 26.2 Å². The molecule has 2 heteroatoms. The molecule has 1 aromatic carbocycles. The van der Waals surface area contributed by atoms with Gasteiger partial charge in [0.15, 0.2) is 0 Å². The van der Waals surface area contributed by atoms with Gasteiger partial charge in [-0.15, -0.1) is 0 Å². The van der Waals surface area contributed by atoms with E-state index in [1.165, 1.54) is 58.4 Å². The van der Waals surface area contributed by atoms with Crippen molar-refractivity contribution in [2.45, 2.75) is 38.1 Å². The Morgan fingerprint density at radius 1 is 1.06 bits per heavy atom. The number of benzene rings is 1. The van der Waals surface area contributed by atoms with Crippen molar-refractivity contribution in [1.29, 1.82) is 0 Å². The second-order valence-electron chi connectivity index (χ2n) is 5.71. The van der Waals surface area contributed by atoms with E-state index in [1.54, 1.807) is 11.1 Å². The standard InChI is InChI=1S/C16H24N2/c1-2-6-16(14-7-9-17-10-8-14)15(5-1)13-18-11-3-4-12-18/h1-2,5-6,14,17H,3-4,7-13H2. The quantitative estimate of drug-likeness (QED) is 0.879. The monoisotopic (exact) mass is 244 g/mol. The van der Waals surface area contributed by atoms with Crippen LogP contribution in [0, 0.1) is 0 Å². The summed E-state index contributed by atoms with van der Waals surface area (Å²) in [7, 11) is 0. The molecule has 2 saturated heterocycles. The number of likely N-dealkylation sites (tertiary alicyclic amines) is 1. The van der Waals surface area contributed by atoms with Crippen LogP contribution in [0.5, 0.6) is 0 Å². The molecule has 2 heterocycles. The maximum absolute atomic E-state index is 3.47. The molecule has 3 rings (SSSR count). The molecule has 2 nitrogen and oxygen atoms in total. The third kappa shape index (κ3) is 2.76. The molecule has 0 spiro atoms. The molecule has 1 aromatic rings. The summed E-state index contributed by atoms with van der Waals surface area (Å²) < 4.78 is 0. The SMILES string of the molecule is c1ccc(C2CCNCC2)c(CN2CCCC2)c1. The van der Waals surface area contributed by atoms with Crippen molar-refractivity contribution in [3.63, 3.8) is 0 Å². The molecule has 0 amide bonds. The summed E-state index contributed by atoms with van der Waals surface area (Å²) in [6.45, 7) is 6.12. The van der Waals surface area contributed by atoms with Crippen molar-refractivity contribution in [1.82, 2.24) is 10.2 Å². The second kappa shape index (κ2) is 5.85. The molecule has 2 aliphatic rings. The van der Waals surface area contributed by atoms with Crippen LogP contribution in [0.3, 0.4) is 0 Å². The van der Waals surface area contributed by atoms with E-state index in [9.17, 15) is 0 Å². The van der Waals surface area contributed by atoms with Crippen LogP contribution in [-0.2, 0) is 6.54 Å². The molecule has 0 aliphatic carbocycles. The lowest BCUT2D eigenvalue weighted by molar-refractivity contribution is 0.328. The van der Waals surface area contributed by atoms with Gasteiger partial charge in [0, 0.05) is 6.54 Å². The zero-order valence-electron chi connectivity index (χ0n) is 11.2. The summed E-state index contributed by atoms with van der Waals surface area (Å²) in [5.74, 6) is 0.782. The van der Waals surface area contributed by atoms with E-state index in [1.807, 2.05) is 0 Å². The van der Waals surface area contributed by atoms with Crippen LogP contribution in [0.15, 0.2) is 24.3 Å². The lowest BCUT2D eigenvalue weighted by atomic mass is 9.87. The first kappa shape index (κ1) is 12.2. The van der Waals surface area contributed by atoms with Gasteiger partial charge >= 0.3 is 0 Å². The van der Waals surface area contributed by atoms with Crippen LogP contribution in [0.2, 0.25) is 0 Å². The highest BCUT2D eigenvalue weighted by Crippen LogP contribution is 2.29. The molecule has 98 valence electrons. The van der Waals surface area contributed by atoms with E-state index in [0.29, 0.717) is 0 Å². The van der Waals surface area contributed by atoms with E-state index in [-0.39, 0.29) is 0 Å². The van der Waals surface area contributed by atoms with Gasteiger partial charge in [0.1, 0.15) is 0 Å². The van der Waals surface area contributed by atoms with E-state index in [2.05, 4.69) is 34.5 Å². The minimum absolute atomic E-state index is 0.782. The molecule has 0 aromatic heterocycles. The van der Waals surface area contributed by atoms with Gasteiger partial charge < -0.3 is 5.32 Å². The van der Waals surface area contributed by atoms with Gasteiger partial charge in [0.05, 0.1) is 0 Å². The summed E-state index contributed by atoms with van der Waals surface area (Å²) in [6, 6.07) is 9.12. The van der Waals surface area contributed by atoms with Crippen molar-refractivity contribution in [3.05, 3.63) is 35.4 Å². The number of hydrogen-bond acceptors (Lipinski definition) is 2. The molecule has 0 atom stereocenters. The summed E-state index contributed by atoms with van der Waals surface area (Å²) in [5, 5.41) is 3.47. The van der Waals surface area contributed by atoms with Crippen molar-refractivity contribution < 1.29 is 0 Å². The van der Waals surface area contributed by atoms with Gasteiger partial charge in [0.25, 0.3) is 0 Å². The smallest absolute Gasteiger partial charge is 0.0236 e. The maximum atomic E-state index is 3.47. The summed E-state index contributed by atoms with van der Waals surface area (Å²) >= 11 is 0. The zero-order valence-corrected chi connectivity index (χ0v) is 11.2. The zero-order chi connectivity index (χ0) is 12.2. The van der Waals surface area contributed by atoms with Crippen LogP contribution >= 0.6 is 0 Å². The van der Waals surface area contributed by atoms with E-state index in [4.69, 9.17) is 0 Å². The highest BCUT2D eigenvalue weighted by molar-refractivity contribution is 5.31. The van der Waals surface area contributed by atoms with Crippen LogP contribution in [0.4, 0.5) is 0 Å². The van der Waals surface area contributed by atoms with Gasteiger partial charge in [-0.2, -0.15) is 0 Å². The lowest BCUT2D eigenvalue weighted by Crippen LogP contribution is -2.27. The van der Waals surface area contributed by atoms with Crippen LogP contribution in [0.1, 0.15) is 42.7 Å². The summed E-state index contributed by atoms with van der Waals surface area (Å²) in [5.41, 5.74) is 3.19. The Balaban J connectivity index is 1.75. The average Bonchev–Trinajstić information content (AvgIpc) is 2.93. The number of nitrogens with one attached hydrogen (secondary N) is 1. The van der Waals surface area contributed by atoms with Gasteiger partial charge in [-0.05, 0) is 68.9 Å². The molecule has 0 saturated carbocycles. The Hall–Kier alpha value is -0.860. The first-order valence-corrected chi connectivity index (χ1v) is 7.44. The molecule has 0 radical (unpaired) electrons. The Labute approximate surface area is 110 Å². The summed E-state index contributed by atoms with van der Waals surface area (Å²) in [6.07, 6.45) is 5.37. The van der Waals surface area contributed by atoms with Crippen LogP contribution in [-0.4, -0.2) is 31.1 Å². The van der Waals surface area contributed by atoms with E-state index < -0.39 is 0 Å². The normalized spacial score (nSPS) is 22.4. The molecule has 2 fully saturated rings. The Morgan fingerprint density at radius 3 is 2.56 bits per heavy atom. The molecule has 2 aliphatic heterocycles. The van der Waals surface area contributed by atoms with Crippen LogP contribution in [0.25, 0.3) is 0 Å². The number of piperidine rings is 1.